The number of nitrogens with zero attached hydrogens (tertiary/aromatic N) is 3. The first kappa shape index (κ1) is 12.0. The Labute approximate surface area is 113 Å². The van der Waals surface area contributed by atoms with Crippen LogP contribution in [0.25, 0.3) is 10.9 Å². The molecule has 98 valence electrons. The Morgan fingerprint density at radius 1 is 1.16 bits per heavy atom. The molecule has 0 spiro atoms. The Bertz CT molecular complexity index is 719. The highest BCUT2D eigenvalue weighted by molar-refractivity contribution is 5.80. The minimum atomic E-state index is 0.871. The van der Waals surface area contributed by atoms with Gasteiger partial charge in [-0.2, -0.15) is 5.10 Å². The topological polar surface area (TPSA) is 22.8 Å². The second-order valence-corrected chi connectivity index (χ2v) is 5.11. The maximum Gasteiger partial charge on any atom is 0.0645 e. The molecule has 0 aliphatic rings. The molecule has 3 heteroatoms. The molecule has 0 aliphatic carbocycles. The van der Waals surface area contributed by atoms with Gasteiger partial charge in [-0.25, -0.2) is 0 Å². The van der Waals surface area contributed by atoms with Crippen LogP contribution in [-0.2, 0) is 20.0 Å². The van der Waals surface area contributed by atoms with Crippen LogP contribution in [0.2, 0.25) is 0 Å². The van der Waals surface area contributed by atoms with Crippen LogP contribution in [0, 0.1) is 6.92 Å². The lowest BCUT2D eigenvalue weighted by atomic mass is 10.2. The fourth-order valence-corrected chi connectivity index (χ4v) is 2.50. The molecule has 0 aliphatic heterocycles. The molecular weight excluding hydrogens is 234 g/mol. The molecule has 19 heavy (non-hydrogen) atoms. The van der Waals surface area contributed by atoms with Crippen LogP contribution in [0.1, 0.15) is 23.9 Å². The van der Waals surface area contributed by atoms with Gasteiger partial charge in [-0.15, -0.1) is 0 Å². The van der Waals surface area contributed by atoms with Crippen molar-refractivity contribution in [3.05, 3.63) is 53.5 Å². The average Bonchev–Trinajstić information content (AvgIpc) is 2.95. The van der Waals surface area contributed by atoms with Crippen LogP contribution in [0.4, 0.5) is 0 Å². The summed E-state index contributed by atoms with van der Waals surface area (Å²) in [5.74, 6) is 0. The summed E-state index contributed by atoms with van der Waals surface area (Å²) in [7, 11) is 2.02. The second kappa shape index (κ2) is 4.57. The molecule has 0 amide bonds. The number of aromatic nitrogens is 3. The number of aryl methyl sites for hydroxylation is 3. The van der Waals surface area contributed by atoms with E-state index in [9.17, 15) is 0 Å². The summed E-state index contributed by atoms with van der Waals surface area (Å²) in [5.41, 5.74) is 4.99. The SMILES string of the molecule is CCc1cc(Cn2ccc3ccc(C)cc32)n(C)n1. The van der Waals surface area contributed by atoms with Gasteiger partial charge in [-0.05, 0) is 42.5 Å². The van der Waals surface area contributed by atoms with Gasteiger partial charge in [-0.1, -0.05) is 19.1 Å². The van der Waals surface area contributed by atoms with Crippen molar-refractivity contribution in [1.82, 2.24) is 14.3 Å². The highest BCUT2D eigenvalue weighted by atomic mass is 15.3. The molecule has 0 unspecified atom stereocenters. The predicted octanol–water partition coefficient (Wildman–Crippen LogP) is 3.29. The van der Waals surface area contributed by atoms with E-state index in [1.807, 2.05) is 11.7 Å². The van der Waals surface area contributed by atoms with E-state index in [1.165, 1.54) is 22.2 Å². The van der Waals surface area contributed by atoms with Gasteiger partial charge < -0.3 is 4.57 Å². The van der Waals surface area contributed by atoms with Crippen molar-refractivity contribution in [3.63, 3.8) is 0 Å². The largest absolute Gasteiger partial charge is 0.341 e. The Morgan fingerprint density at radius 3 is 2.74 bits per heavy atom. The zero-order chi connectivity index (χ0) is 13.4. The van der Waals surface area contributed by atoms with Crippen LogP contribution in [0.3, 0.4) is 0 Å². The van der Waals surface area contributed by atoms with E-state index in [1.54, 1.807) is 0 Å². The fraction of sp³-hybridized carbons (Fsp3) is 0.312. The normalized spacial score (nSPS) is 11.3. The van der Waals surface area contributed by atoms with Crippen LogP contribution >= 0.6 is 0 Å². The average molecular weight is 253 g/mol. The minimum absolute atomic E-state index is 0.871. The lowest BCUT2D eigenvalue weighted by Crippen LogP contribution is -2.04. The summed E-state index contributed by atoms with van der Waals surface area (Å²) in [6.45, 7) is 5.15. The monoisotopic (exact) mass is 253 g/mol. The van der Waals surface area contributed by atoms with Crippen LogP contribution in [0.5, 0.6) is 0 Å². The number of hydrogen-bond donors (Lipinski definition) is 0. The number of benzene rings is 1. The molecule has 2 aromatic heterocycles. The number of hydrogen-bond acceptors (Lipinski definition) is 1. The van der Waals surface area contributed by atoms with Gasteiger partial charge in [0.1, 0.15) is 0 Å². The minimum Gasteiger partial charge on any atom is -0.341 e. The lowest BCUT2D eigenvalue weighted by molar-refractivity contribution is 0.669. The molecule has 0 saturated heterocycles. The van der Waals surface area contributed by atoms with Gasteiger partial charge in [0.25, 0.3) is 0 Å². The van der Waals surface area contributed by atoms with Crippen LogP contribution in [0.15, 0.2) is 36.5 Å². The van der Waals surface area contributed by atoms with Crippen molar-refractivity contribution in [2.45, 2.75) is 26.8 Å². The van der Waals surface area contributed by atoms with E-state index in [2.05, 4.69) is 60.0 Å². The summed E-state index contributed by atoms with van der Waals surface area (Å²) in [6, 6.07) is 11.0. The van der Waals surface area contributed by atoms with Gasteiger partial charge in [0.2, 0.25) is 0 Å². The van der Waals surface area contributed by atoms with Crippen molar-refractivity contribution in [2.24, 2.45) is 7.05 Å². The Balaban J connectivity index is 2.00. The molecule has 0 saturated carbocycles. The zero-order valence-electron chi connectivity index (χ0n) is 11.7. The molecule has 3 nitrogen and oxygen atoms in total. The van der Waals surface area contributed by atoms with E-state index < -0.39 is 0 Å². The highest BCUT2D eigenvalue weighted by Gasteiger charge is 2.07. The molecule has 3 rings (SSSR count). The second-order valence-electron chi connectivity index (χ2n) is 5.11. The van der Waals surface area contributed by atoms with Crippen molar-refractivity contribution >= 4 is 10.9 Å². The van der Waals surface area contributed by atoms with Crippen molar-refractivity contribution in [2.75, 3.05) is 0 Å². The summed E-state index contributed by atoms with van der Waals surface area (Å²) < 4.78 is 4.28. The molecule has 0 N–H and O–H groups in total. The van der Waals surface area contributed by atoms with E-state index in [0.29, 0.717) is 0 Å². The summed E-state index contributed by atoms with van der Waals surface area (Å²) in [6.07, 6.45) is 3.14. The van der Waals surface area contributed by atoms with E-state index in [-0.39, 0.29) is 0 Å². The summed E-state index contributed by atoms with van der Waals surface area (Å²) in [5, 5.41) is 5.81. The maximum absolute atomic E-state index is 4.51. The first-order valence-electron chi connectivity index (χ1n) is 6.74. The van der Waals surface area contributed by atoms with Crippen LogP contribution < -0.4 is 0 Å². The standard InChI is InChI=1S/C16H19N3/c1-4-14-10-15(18(3)17-14)11-19-8-7-13-6-5-12(2)9-16(13)19/h5-10H,4,11H2,1-3H3. The molecule has 1 aromatic carbocycles. The summed E-state index contributed by atoms with van der Waals surface area (Å²) in [4.78, 5) is 0. The zero-order valence-corrected chi connectivity index (χ0v) is 11.7. The molecule has 3 aromatic rings. The Hall–Kier alpha value is -2.03. The van der Waals surface area contributed by atoms with Gasteiger partial charge in [-0.3, -0.25) is 4.68 Å². The third kappa shape index (κ3) is 2.16. The lowest BCUT2D eigenvalue weighted by Gasteiger charge is -2.06. The first-order valence-corrected chi connectivity index (χ1v) is 6.74. The van der Waals surface area contributed by atoms with Crippen molar-refractivity contribution in [1.29, 1.82) is 0 Å². The molecule has 0 atom stereocenters. The van der Waals surface area contributed by atoms with Crippen molar-refractivity contribution < 1.29 is 0 Å². The molecular formula is C16H19N3. The van der Waals surface area contributed by atoms with Gasteiger partial charge in [0.15, 0.2) is 0 Å². The van der Waals surface area contributed by atoms with E-state index in [4.69, 9.17) is 0 Å². The molecule has 2 heterocycles. The Morgan fingerprint density at radius 2 is 2.00 bits per heavy atom. The van der Waals surface area contributed by atoms with Gasteiger partial charge in [0.05, 0.1) is 17.9 Å². The summed E-state index contributed by atoms with van der Waals surface area (Å²) >= 11 is 0. The number of rotatable bonds is 3. The predicted molar refractivity (Wildman–Crippen MR) is 78.4 cm³/mol. The van der Waals surface area contributed by atoms with Crippen molar-refractivity contribution in [3.8, 4) is 0 Å². The first-order chi connectivity index (χ1) is 9.17. The Kier molecular flexibility index (Phi) is 2.90. The molecule has 0 radical (unpaired) electrons. The van der Waals surface area contributed by atoms with E-state index >= 15 is 0 Å². The fourth-order valence-electron chi connectivity index (χ4n) is 2.50. The van der Waals surface area contributed by atoms with Crippen LogP contribution in [-0.4, -0.2) is 14.3 Å². The third-order valence-electron chi connectivity index (χ3n) is 3.65. The maximum atomic E-state index is 4.51. The van der Waals surface area contributed by atoms with Gasteiger partial charge >= 0.3 is 0 Å². The third-order valence-corrected chi connectivity index (χ3v) is 3.65. The molecule has 0 fully saturated rings. The quantitative estimate of drug-likeness (QED) is 0.702. The number of fused-ring (bicyclic) bond motifs is 1. The molecule has 0 bridgehead atoms. The van der Waals surface area contributed by atoms with E-state index in [0.717, 1.165) is 18.7 Å². The highest BCUT2D eigenvalue weighted by Crippen LogP contribution is 2.19. The smallest absolute Gasteiger partial charge is 0.0645 e. The van der Waals surface area contributed by atoms with Gasteiger partial charge in [0, 0.05) is 18.8 Å².